The summed E-state index contributed by atoms with van der Waals surface area (Å²) in [6.45, 7) is 0. The zero-order valence-corrected chi connectivity index (χ0v) is 7.10. The Hall–Kier alpha value is -1.79. The van der Waals surface area contributed by atoms with E-state index < -0.39 is 29.3 Å². The number of carbonyl (C=O) groups is 1. The number of nitrogens with one attached hydrogen (secondary N) is 1. The predicted octanol–water partition coefficient (Wildman–Crippen LogP) is 2.93. The molecule has 0 aromatic heterocycles. The number of carboxylic acid groups (broad SMARTS) is 1. The normalized spacial score (nSPS) is 11.2. The van der Waals surface area contributed by atoms with Crippen LogP contribution in [0.5, 0.6) is 0 Å². The van der Waals surface area contributed by atoms with Crippen molar-refractivity contribution < 1.29 is 27.5 Å². The minimum Gasteiger partial charge on any atom is -0.465 e. The van der Waals surface area contributed by atoms with Crippen LogP contribution in [-0.2, 0) is 6.18 Å². The van der Waals surface area contributed by atoms with E-state index in [1.54, 1.807) is 5.32 Å². The van der Waals surface area contributed by atoms with E-state index in [-0.39, 0.29) is 6.07 Å². The Balaban J connectivity index is 3.11. The first-order valence-electron chi connectivity index (χ1n) is 3.67. The van der Waals surface area contributed by atoms with E-state index in [2.05, 4.69) is 0 Å². The molecule has 82 valence electrons. The van der Waals surface area contributed by atoms with Crippen LogP contribution in [0.2, 0.25) is 0 Å². The monoisotopic (exact) mass is 223 g/mol. The molecule has 2 N–H and O–H groups in total. The molecule has 3 nitrogen and oxygen atoms in total. The van der Waals surface area contributed by atoms with Crippen LogP contribution in [-0.4, -0.2) is 11.2 Å². The Morgan fingerprint density at radius 3 is 2.33 bits per heavy atom. The fourth-order valence-corrected chi connectivity index (χ4v) is 0.949. The van der Waals surface area contributed by atoms with Crippen molar-refractivity contribution in [2.75, 3.05) is 5.32 Å². The summed E-state index contributed by atoms with van der Waals surface area (Å²) in [6, 6.07) is 1.45. The van der Waals surface area contributed by atoms with Crippen LogP contribution in [0.15, 0.2) is 18.2 Å². The number of rotatable bonds is 1. The second-order valence-electron chi connectivity index (χ2n) is 2.66. The number of hydrogen-bond acceptors (Lipinski definition) is 1. The number of halogens is 4. The quantitative estimate of drug-likeness (QED) is 0.719. The summed E-state index contributed by atoms with van der Waals surface area (Å²) in [5.41, 5.74) is -1.71. The Labute approximate surface area is 81.3 Å². The molecule has 7 heteroatoms. The average Bonchev–Trinajstić information content (AvgIpc) is 1.99. The van der Waals surface area contributed by atoms with Crippen molar-refractivity contribution in [2.45, 2.75) is 6.18 Å². The van der Waals surface area contributed by atoms with E-state index in [1.807, 2.05) is 0 Å². The van der Waals surface area contributed by atoms with Gasteiger partial charge < -0.3 is 5.11 Å². The van der Waals surface area contributed by atoms with E-state index in [0.29, 0.717) is 12.1 Å². The molecule has 0 bridgehead atoms. The molecule has 0 aliphatic heterocycles. The van der Waals surface area contributed by atoms with Crippen LogP contribution >= 0.6 is 0 Å². The topological polar surface area (TPSA) is 49.3 Å². The lowest BCUT2D eigenvalue weighted by Gasteiger charge is -2.08. The lowest BCUT2D eigenvalue weighted by Crippen LogP contribution is -2.10. The summed E-state index contributed by atoms with van der Waals surface area (Å²) >= 11 is 0. The van der Waals surface area contributed by atoms with E-state index >= 15 is 0 Å². The van der Waals surface area contributed by atoms with Crippen molar-refractivity contribution in [3.05, 3.63) is 29.6 Å². The Kier molecular flexibility index (Phi) is 2.83. The van der Waals surface area contributed by atoms with Gasteiger partial charge in [0.2, 0.25) is 0 Å². The maximum absolute atomic E-state index is 12.7. The van der Waals surface area contributed by atoms with Crippen molar-refractivity contribution in [1.82, 2.24) is 0 Å². The van der Waals surface area contributed by atoms with Gasteiger partial charge in [0.1, 0.15) is 5.82 Å². The van der Waals surface area contributed by atoms with Gasteiger partial charge >= 0.3 is 12.3 Å². The minimum absolute atomic E-state index is 0.285. The van der Waals surface area contributed by atoms with Crippen LogP contribution in [0.25, 0.3) is 0 Å². The third kappa shape index (κ3) is 3.12. The van der Waals surface area contributed by atoms with Gasteiger partial charge in [0, 0.05) is 5.69 Å². The molecule has 0 saturated carbocycles. The summed E-state index contributed by atoms with van der Waals surface area (Å²) in [4.78, 5) is 10.1. The molecule has 0 aliphatic rings. The molecular weight excluding hydrogens is 218 g/mol. The van der Waals surface area contributed by atoms with Crippen LogP contribution in [0.3, 0.4) is 0 Å². The molecular formula is C8H5F4NO2. The van der Waals surface area contributed by atoms with Crippen LogP contribution < -0.4 is 5.32 Å². The summed E-state index contributed by atoms with van der Waals surface area (Å²) in [6.07, 6.45) is -6.27. The molecule has 0 atom stereocenters. The first-order valence-corrected chi connectivity index (χ1v) is 3.67. The number of amides is 1. The maximum atomic E-state index is 12.7. The fourth-order valence-electron chi connectivity index (χ4n) is 0.949. The predicted molar refractivity (Wildman–Crippen MR) is 43.0 cm³/mol. The van der Waals surface area contributed by atoms with Gasteiger partial charge in [-0.3, -0.25) is 5.32 Å². The van der Waals surface area contributed by atoms with Crippen molar-refractivity contribution in [3.8, 4) is 0 Å². The number of anilines is 1. The van der Waals surface area contributed by atoms with Gasteiger partial charge in [-0.1, -0.05) is 0 Å². The smallest absolute Gasteiger partial charge is 0.416 e. The second kappa shape index (κ2) is 3.76. The number of benzene rings is 1. The van der Waals surface area contributed by atoms with Crippen LogP contribution in [0.1, 0.15) is 5.56 Å². The second-order valence-corrected chi connectivity index (χ2v) is 2.66. The van der Waals surface area contributed by atoms with Gasteiger partial charge in [0.05, 0.1) is 5.56 Å². The maximum Gasteiger partial charge on any atom is 0.416 e. The van der Waals surface area contributed by atoms with Gasteiger partial charge in [-0.15, -0.1) is 0 Å². The molecule has 0 saturated heterocycles. The van der Waals surface area contributed by atoms with E-state index in [4.69, 9.17) is 5.11 Å². The van der Waals surface area contributed by atoms with Gasteiger partial charge in [0.15, 0.2) is 0 Å². The Morgan fingerprint density at radius 2 is 1.87 bits per heavy atom. The largest absolute Gasteiger partial charge is 0.465 e. The van der Waals surface area contributed by atoms with E-state index in [9.17, 15) is 22.4 Å². The Bertz CT molecular complexity index is 389. The van der Waals surface area contributed by atoms with Crippen molar-refractivity contribution in [1.29, 1.82) is 0 Å². The first-order chi connectivity index (χ1) is 6.79. The molecule has 0 unspecified atom stereocenters. The Morgan fingerprint density at radius 1 is 1.27 bits per heavy atom. The molecule has 0 aliphatic carbocycles. The third-order valence-electron chi connectivity index (χ3n) is 1.48. The highest BCUT2D eigenvalue weighted by Crippen LogP contribution is 2.31. The van der Waals surface area contributed by atoms with Gasteiger partial charge in [-0.05, 0) is 18.2 Å². The highest BCUT2D eigenvalue weighted by molar-refractivity contribution is 5.82. The summed E-state index contributed by atoms with van der Waals surface area (Å²) in [5.74, 6) is -1.16. The van der Waals surface area contributed by atoms with E-state index in [1.165, 1.54) is 0 Å². The lowest BCUT2D eigenvalue weighted by atomic mass is 10.2. The molecule has 0 radical (unpaired) electrons. The molecule has 1 amide bonds. The lowest BCUT2D eigenvalue weighted by molar-refractivity contribution is -0.137. The molecule has 0 heterocycles. The summed E-state index contributed by atoms with van der Waals surface area (Å²) in [5, 5.41) is 9.87. The minimum atomic E-state index is -4.71. The molecule has 0 spiro atoms. The van der Waals surface area contributed by atoms with Crippen LogP contribution in [0, 0.1) is 5.82 Å². The fraction of sp³-hybridized carbons (Fsp3) is 0.125. The third-order valence-corrected chi connectivity index (χ3v) is 1.48. The molecule has 1 aromatic rings. The van der Waals surface area contributed by atoms with Gasteiger partial charge in [-0.25, -0.2) is 9.18 Å². The zero-order chi connectivity index (χ0) is 11.6. The summed E-state index contributed by atoms with van der Waals surface area (Å²) < 4.78 is 49.1. The number of hydrogen-bond donors (Lipinski definition) is 2. The molecule has 1 rings (SSSR count). The van der Waals surface area contributed by atoms with Crippen molar-refractivity contribution in [2.24, 2.45) is 0 Å². The van der Waals surface area contributed by atoms with E-state index in [0.717, 1.165) is 0 Å². The van der Waals surface area contributed by atoms with Crippen LogP contribution in [0.4, 0.5) is 28.0 Å². The zero-order valence-electron chi connectivity index (χ0n) is 7.10. The first kappa shape index (κ1) is 11.3. The van der Waals surface area contributed by atoms with Crippen molar-refractivity contribution >= 4 is 11.8 Å². The van der Waals surface area contributed by atoms with Gasteiger partial charge in [0.25, 0.3) is 0 Å². The SMILES string of the molecule is O=C(O)Nc1cc(F)cc(C(F)(F)F)c1. The van der Waals surface area contributed by atoms with Gasteiger partial charge in [-0.2, -0.15) is 13.2 Å². The van der Waals surface area contributed by atoms with Crippen molar-refractivity contribution in [3.63, 3.8) is 0 Å². The molecule has 15 heavy (non-hydrogen) atoms. The average molecular weight is 223 g/mol. The summed E-state index contributed by atoms with van der Waals surface area (Å²) in [7, 11) is 0. The standard InChI is InChI=1S/C8H5F4NO2/c9-5-1-4(8(10,11)12)2-6(3-5)13-7(14)15/h1-3,13H,(H,14,15). The highest BCUT2D eigenvalue weighted by Gasteiger charge is 2.31. The molecule has 0 fully saturated rings. The highest BCUT2D eigenvalue weighted by atomic mass is 19.4. The number of alkyl halides is 3. The molecule has 1 aromatic carbocycles.